The van der Waals surface area contributed by atoms with Crippen molar-refractivity contribution < 1.29 is 9.47 Å². The van der Waals surface area contributed by atoms with E-state index in [9.17, 15) is 0 Å². The molecule has 1 unspecified atom stereocenters. The average Bonchev–Trinajstić information content (AvgIpc) is 3.60. The fourth-order valence-corrected chi connectivity index (χ4v) is 9.28. The maximum atomic E-state index is 6.66. The Bertz CT molecular complexity index is 2970. The minimum absolute atomic E-state index is 0.0270. The summed E-state index contributed by atoms with van der Waals surface area (Å²) in [5, 5.41) is 8.08. The summed E-state index contributed by atoms with van der Waals surface area (Å²) in [5.74, 6) is 3.56. The summed E-state index contributed by atoms with van der Waals surface area (Å²) in [7, 11) is 1.50. The van der Waals surface area contributed by atoms with Gasteiger partial charge in [-0.25, -0.2) is 0 Å². The first-order valence-corrected chi connectivity index (χ1v) is 23.4. The van der Waals surface area contributed by atoms with Gasteiger partial charge in [-0.3, -0.25) is 0 Å². The van der Waals surface area contributed by atoms with E-state index < -0.39 is 0 Å². The molecule has 3 aliphatic rings. The molecule has 0 saturated heterocycles. The molecule has 11 rings (SSSR count). The first kappa shape index (κ1) is 46.3. The highest BCUT2D eigenvalue weighted by Crippen LogP contribution is 2.59. The summed E-state index contributed by atoms with van der Waals surface area (Å²) < 4.78 is 13.3. The van der Waals surface area contributed by atoms with Crippen LogP contribution in [0, 0.1) is 6.92 Å². The minimum Gasteiger partial charge on any atom is -0.449 e. The van der Waals surface area contributed by atoms with Crippen LogP contribution < -0.4 is 15.2 Å². The van der Waals surface area contributed by atoms with Crippen LogP contribution in [0.2, 0.25) is 0 Å². The number of ether oxygens (including phenoxy) is 2. The molecule has 1 heterocycles. The fraction of sp³-hybridized carbons (Fsp3) is 0.226. The molecule has 330 valence electrons. The van der Waals surface area contributed by atoms with Crippen LogP contribution in [-0.4, -0.2) is 7.05 Å². The van der Waals surface area contributed by atoms with Gasteiger partial charge in [-0.2, -0.15) is 0 Å². The number of hydrogen-bond donors (Lipinski definition) is 1. The van der Waals surface area contributed by atoms with Gasteiger partial charge in [0.05, 0.1) is 0 Å². The lowest BCUT2D eigenvalue weighted by Crippen LogP contribution is -2.16. The average molecular weight is 856 g/mol. The Labute approximate surface area is 388 Å². The Hall–Kier alpha value is -6.68. The monoisotopic (exact) mass is 856 g/mol. The van der Waals surface area contributed by atoms with Gasteiger partial charge in [0.2, 0.25) is 0 Å². The summed E-state index contributed by atoms with van der Waals surface area (Å²) in [6.45, 7) is 17.3. The van der Waals surface area contributed by atoms with E-state index in [0.717, 1.165) is 47.0 Å². The summed E-state index contributed by atoms with van der Waals surface area (Å²) in [6.07, 6.45) is 12.0. The predicted molar refractivity (Wildman–Crippen MR) is 281 cm³/mol. The zero-order valence-corrected chi connectivity index (χ0v) is 39.8. The van der Waals surface area contributed by atoms with Crippen molar-refractivity contribution >= 4 is 37.9 Å². The zero-order valence-electron chi connectivity index (χ0n) is 39.8. The minimum atomic E-state index is -0.0270. The molecule has 3 nitrogen and oxygen atoms in total. The van der Waals surface area contributed by atoms with Crippen LogP contribution in [0.15, 0.2) is 182 Å². The molecule has 3 heteroatoms. The van der Waals surface area contributed by atoms with Crippen molar-refractivity contribution in [2.45, 2.75) is 86.0 Å². The van der Waals surface area contributed by atoms with E-state index in [-0.39, 0.29) is 5.41 Å². The number of para-hydroxylation sites is 1. The lowest BCUT2D eigenvalue weighted by atomic mass is 9.80. The molecule has 1 aliphatic heterocycles. The Kier molecular flexibility index (Phi) is 14.9. The van der Waals surface area contributed by atoms with E-state index >= 15 is 0 Å². The highest BCUT2D eigenvalue weighted by atomic mass is 16.6. The molecule has 0 radical (unpaired) electrons. The zero-order chi connectivity index (χ0) is 46.1. The van der Waals surface area contributed by atoms with Gasteiger partial charge in [0.15, 0.2) is 23.0 Å². The van der Waals surface area contributed by atoms with Crippen molar-refractivity contribution in [2.24, 2.45) is 5.73 Å². The van der Waals surface area contributed by atoms with Crippen LogP contribution in [0.25, 0.3) is 49.0 Å². The normalized spacial score (nSPS) is 14.1. The van der Waals surface area contributed by atoms with E-state index in [0.29, 0.717) is 5.92 Å². The van der Waals surface area contributed by atoms with E-state index in [1.54, 1.807) is 0 Å². The highest BCUT2D eigenvalue weighted by molar-refractivity contribution is 6.25. The first-order chi connectivity index (χ1) is 31.7. The van der Waals surface area contributed by atoms with Gasteiger partial charge >= 0.3 is 0 Å². The van der Waals surface area contributed by atoms with Crippen LogP contribution >= 0.6 is 0 Å². The number of benzene rings is 8. The molecule has 0 amide bonds. The molecule has 8 aromatic carbocycles. The number of aryl methyl sites for hydroxylation is 1. The van der Waals surface area contributed by atoms with Crippen molar-refractivity contribution in [3.8, 4) is 34.1 Å². The SMILES string of the molecule is C/C=C\C.CC(c1ccccc1)c1ccc(-c2cccc3c2Oc2ccc4c(c2O3)C2=C(C=CCC2)C4(C)C)cc1.CCC.CN.Cc1ccc2c3ccccc3c3ccccc3c2c1. The topological polar surface area (TPSA) is 44.5 Å². The third kappa shape index (κ3) is 9.30. The third-order valence-electron chi connectivity index (χ3n) is 12.6. The Morgan fingerprint density at radius 3 is 1.75 bits per heavy atom. The molecular weight excluding hydrogens is 791 g/mol. The molecule has 0 bridgehead atoms. The van der Waals surface area contributed by atoms with Gasteiger partial charge in [0.25, 0.3) is 0 Å². The van der Waals surface area contributed by atoms with Gasteiger partial charge in [0.1, 0.15) is 0 Å². The van der Waals surface area contributed by atoms with Gasteiger partial charge in [0, 0.05) is 22.5 Å². The fourth-order valence-electron chi connectivity index (χ4n) is 9.28. The van der Waals surface area contributed by atoms with Gasteiger partial charge in [-0.15, -0.1) is 0 Å². The molecule has 2 aliphatic carbocycles. The van der Waals surface area contributed by atoms with Gasteiger partial charge < -0.3 is 15.2 Å². The van der Waals surface area contributed by atoms with Crippen molar-refractivity contribution in [3.63, 3.8) is 0 Å². The van der Waals surface area contributed by atoms with Crippen LogP contribution in [0.1, 0.15) is 101 Å². The molecule has 0 spiro atoms. The van der Waals surface area contributed by atoms with Crippen LogP contribution in [0.4, 0.5) is 0 Å². The number of nitrogens with two attached hydrogens (primary N) is 1. The lowest BCUT2D eigenvalue weighted by Gasteiger charge is -2.27. The maximum Gasteiger partial charge on any atom is 0.177 e. The molecule has 1 atom stereocenters. The largest absolute Gasteiger partial charge is 0.449 e. The third-order valence-corrected chi connectivity index (χ3v) is 12.6. The van der Waals surface area contributed by atoms with Crippen LogP contribution in [-0.2, 0) is 5.41 Å². The summed E-state index contributed by atoms with van der Waals surface area (Å²) >= 11 is 0. The standard InChI is InChI=1S/C35H30O2.C19H14.C4H8.C3H8.CH5N/c1-22(23-10-5-4-6-11-23)24-16-18-25(19-17-24)26-13-9-15-30-33(26)36-31-21-20-29-32(34(31)37-30)27-12-7-8-14-28(27)35(29,2)3;1-13-10-11-18-16-8-3-2-6-14(16)15-7-4-5-9-17(15)19(18)12-13;1-3-4-2;1-3-2;1-2/h4-6,8-11,13-22H,7,12H2,1-3H3;2-12H,1H3;3-4H,1-2H3;3H2,1-2H3;2H2,1H3/b;;4-3-;;. The molecule has 65 heavy (non-hydrogen) atoms. The quantitative estimate of drug-likeness (QED) is 0.142. The lowest BCUT2D eigenvalue weighted by molar-refractivity contribution is 0.359. The Balaban J connectivity index is 0.000000187. The van der Waals surface area contributed by atoms with E-state index in [2.05, 4.69) is 205 Å². The molecule has 0 saturated carbocycles. The number of fused-ring (bicyclic) bond motifs is 11. The second kappa shape index (κ2) is 20.9. The van der Waals surface area contributed by atoms with Gasteiger partial charge in [-0.05, 0) is 119 Å². The maximum absolute atomic E-state index is 6.66. The smallest absolute Gasteiger partial charge is 0.177 e. The van der Waals surface area contributed by atoms with Crippen molar-refractivity contribution in [1.82, 2.24) is 0 Å². The van der Waals surface area contributed by atoms with Crippen molar-refractivity contribution in [1.29, 1.82) is 0 Å². The number of allylic oxidation sites excluding steroid dienone is 6. The van der Waals surface area contributed by atoms with E-state index in [1.165, 1.54) is 84.7 Å². The molecule has 8 aromatic rings. The molecular formula is C62H65NO2. The van der Waals surface area contributed by atoms with Crippen LogP contribution in [0.3, 0.4) is 0 Å². The number of hydrogen-bond acceptors (Lipinski definition) is 3. The molecule has 0 aromatic heterocycles. The van der Waals surface area contributed by atoms with Gasteiger partial charge in [-0.1, -0.05) is 210 Å². The van der Waals surface area contributed by atoms with Crippen LogP contribution in [0.5, 0.6) is 23.0 Å². The summed E-state index contributed by atoms with van der Waals surface area (Å²) in [5.41, 5.74) is 16.0. The number of rotatable bonds is 3. The molecule has 2 N–H and O–H groups in total. The highest BCUT2D eigenvalue weighted by Gasteiger charge is 2.41. The first-order valence-electron chi connectivity index (χ1n) is 23.4. The summed E-state index contributed by atoms with van der Waals surface area (Å²) in [6, 6.07) is 54.1. The Morgan fingerprint density at radius 2 is 1.14 bits per heavy atom. The summed E-state index contributed by atoms with van der Waals surface area (Å²) in [4.78, 5) is 0. The van der Waals surface area contributed by atoms with Crippen molar-refractivity contribution in [3.05, 3.63) is 209 Å². The Morgan fingerprint density at radius 1 is 0.600 bits per heavy atom. The predicted octanol–water partition coefficient (Wildman–Crippen LogP) is 17.8. The van der Waals surface area contributed by atoms with Crippen molar-refractivity contribution in [2.75, 3.05) is 7.05 Å². The second-order valence-electron chi connectivity index (χ2n) is 17.4. The van der Waals surface area contributed by atoms with E-state index in [4.69, 9.17) is 9.47 Å². The second-order valence-corrected chi connectivity index (χ2v) is 17.4. The molecule has 0 fully saturated rings. The van der Waals surface area contributed by atoms with E-state index in [1.807, 2.05) is 32.1 Å².